The van der Waals surface area contributed by atoms with Crippen molar-refractivity contribution >= 4 is 29.2 Å². The van der Waals surface area contributed by atoms with Crippen LogP contribution >= 0.6 is 0 Å². The van der Waals surface area contributed by atoms with Crippen LogP contribution in [0.4, 0.5) is 11.4 Å². The Labute approximate surface area is 210 Å². The summed E-state index contributed by atoms with van der Waals surface area (Å²) in [5, 5.41) is 2.88. The second kappa shape index (κ2) is 11.4. The third-order valence-corrected chi connectivity index (χ3v) is 5.98. The molecule has 0 atom stereocenters. The van der Waals surface area contributed by atoms with E-state index in [9.17, 15) is 14.4 Å². The molecule has 36 heavy (non-hydrogen) atoms. The van der Waals surface area contributed by atoms with Crippen molar-refractivity contribution < 1.29 is 23.9 Å². The van der Waals surface area contributed by atoms with Gasteiger partial charge >= 0.3 is 5.97 Å². The number of piperazine rings is 1. The first-order chi connectivity index (χ1) is 17.4. The number of nitrogens with zero attached hydrogens (tertiary/aromatic N) is 2. The van der Waals surface area contributed by atoms with E-state index in [1.54, 1.807) is 24.3 Å². The first-order valence-electron chi connectivity index (χ1n) is 11.8. The van der Waals surface area contributed by atoms with Crippen molar-refractivity contribution in [2.45, 2.75) is 6.92 Å². The fraction of sp³-hybridized carbons (Fsp3) is 0.250. The van der Waals surface area contributed by atoms with Gasteiger partial charge in [0.1, 0.15) is 5.75 Å². The highest BCUT2D eigenvalue weighted by molar-refractivity contribution is 5.99. The summed E-state index contributed by atoms with van der Waals surface area (Å²) < 4.78 is 10.5. The SMILES string of the molecule is COC(=O)c1ccc(N2CCN(C(=O)c3ccccc3)CC2)c(NC(=O)COc2cccc(C)c2)c1. The Bertz CT molecular complexity index is 1240. The van der Waals surface area contributed by atoms with Gasteiger partial charge in [-0.3, -0.25) is 9.59 Å². The Kier molecular flexibility index (Phi) is 7.85. The molecule has 0 aromatic heterocycles. The van der Waals surface area contributed by atoms with Gasteiger partial charge < -0.3 is 24.6 Å². The second-order valence-electron chi connectivity index (χ2n) is 8.52. The van der Waals surface area contributed by atoms with Crippen LogP contribution in [-0.4, -0.2) is 62.6 Å². The van der Waals surface area contributed by atoms with E-state index in [0.717, 1.165) is 11.3 Å². The number of aryl methyl sites for hydroxylation is 1. The number of benzene rings is 3. The topological polar surface area (TPSA) is 88.2 Å². The lowest BCUT2D eigenvalue weighted by Gasteiger charge is -2.37. The molecule has 2 amide bonds. The second-order valence-corrected chi connectivity index (χ2v) is 8.52. The quantitative estimate of drug-likeness (QED) is 0.511. The molecular formula is C28H29N3O5. The Morgan fingerprint density at radius 3 is 2.31 bits per heavy atom. The van der Waals surface area contributed by atoms with E-state index in [4.69, 9.17) is 9.47 Å². The standard InChI is InChI=1S/C28H29N3O5/c1-20-7-6-10-23(17-20)36-19-26(32)29-24-18-22(28(34)35-2)11-12-25(24)30-13-15-31(16-14-30)27(33)21-8-4-3-5-9-21/h3-12,17-18H,13-16,19H2,1-2H3,(H,29,32). The molecule has 1 fully saturated rings. The first-order valence-corrected chi connectivity index (χ1v) is 11.8. The molecule has 0 saturated carbocycles. The summed E-state index contributed by atoms with van der Waals surface area (Å²) in [5.41, 5.74) is 3.27. The molecule has 0 spiro atoms. The average Bonchev–Trinajstić information content (AvgIpc) is 2.91. The summed E-state index contributed by atoms with van der Waals surface area (Å²) in [6.07, 6.45) is 0. The van der Waals surface area contributed by atoms with Crippen LogP contribution < -0.4 is 15.0 Å². The van der Waals surface area contributed by atoms with Gasteiger partial charge in [0.25, 0.3) is 11.8 Å². The van der Waals surface area contributed by atoms with Gasteiger partial charge in [0, 0.05) is 31.7 Å². The number of esters is 1. The predicted octanol–water partition coefficient (Wildman–Crippen LogP) is 3.76. The first kappa shape index (κ1) is 24.8. The van der Waals surface area contributed by atoms with E-state index in [-0.39, 0.29) is 18.4 Å². The van der Waals surface area contributed by atoms with E-state index >= 15 is 0 Å². The molecule has 1 N–H and O–H groups in total. The van der Waals surface area contributed by atoms with Gasteiger partial charge in [0.05, 0.1) is 24.0 Å². The van der Waals surface area contributed by atoms with Crippen LogP contribution in [0.1, 0.15) is 26.3 Å². The van der Waals surface area contributed by atoms with Crippen molar-refractivity contribution in [2.75, 3.05) is 50.1 Å². The predicted molar refractivity (Wildman–Crippen MR) is 138 cm³/mol. The number of carbonyl (C=O) groups excluding carboxylic acids is 3. The van der Waals surface area contributed by atoms with E-state index in [1.807, 2.05) is 60.4 Å². The van der Waals surface area contributed by atoms with Crippen molar-refractivity contribution in [2.24, 2.45) is 0 Å². The molecule has 0 unspecified atom stereocenters. The molecule has 1 heterocycles. The van der Waals surface area contributed by atoms with Gasteiger partial charge in [-0.15, -0.1) is 0 Å². The third-order valence-electron chi connectivity index (χ3n) is 5.98. The number of hydrogen-bond donors (Lipinski definition) is 1. The van der Waals surface area contributed by atoms with Crippen molar-refractivity contribution in [3.63, 3.8) is 0 Å². The number of anilines is 2. The smallest absolute Gasteiger partial charge is 0.337 e. The largest absolute Gasteiger partial charge is 0.484 e. The molecule has 186 valence electrons. The van der Waals surface area contributed by atoms with Gasteiger partial charge in [0.2, 0.25) is 0 Å². The van der Waals surface area contributed by atoms with Gasteiger partial charge in [-0.1, -0.05) is 30.3 Å². The molecule has 1 aliphatic heterocycles. The summed E-state index contributed by atoms with van der Waals surface area (Å²) in [6.45, 7) is 4.01. The summed E-state index contributed by atoms with van der Waals surface area (Å²) in [5.74, 6) is -0.241. The fourth-order valence-corrected chi connectivity index (χ4v) is 4.11. The third kappa shape index (κ3) is 6.02. The minimum atomic E-state index is -0.494. The van der Waals surface area contributed by atoms with Crippen LogP contribution in [0.15, 0.2) is 72.8 Å². The molecule has 4 rings (SSSR count). The highest BCUT2D eigenvalue weighted by Gasteiger charge is 2.24. The average molecular weight is 488 g/mol. The molecule has 3 aromatic rings. The summed E-state index contributed by atoms with van der Waals surface area (Å²) in [6, 6.07) is 21.7. The zero-order chi connectivity index (χ0) is 25.5. The van der Waals surface area contributed by atoms with Crippen molar-refractivity contribution in [3.05, 3.63) is 89.5 Å². The Balaban J connectivity index is 1.46. The van der Waals surface area contributed by atoms with Gasteiger partial charge in [-0.2, -0.15) is 0 Å². The lowest BCUT2D eigenvalue weighted by atomic mass is 10.1. The molecule has 1 saturated heterocycles. The Morgan fingerprint density at radius 2 is 1.61 bits per heavy atom. The molecule has 8 nitrogen and oxygen atoms in total. The van der Waals surface area contributed by atoms with Crippen LogP contribution in [0.5, 0.6) is 5.75 Å². The van der Waals surface area contributed by atoms with Crippen molar-refractivity contribution in [3.8, 4) is 5.75 Å². The molecule has 8 heteroatoms. The highest BCUT2D eigenvalue weighted by Crippen LogP contribution is 2.29. The number of ether oxygens (including phenoxy) is 2. The van der Waals surface area contributed by atoms with Crippen LogP contribution in [0, 0.1) is 6.92 Å². The molecule has 0 bridgehead atoms. The monoisotopic (exact) mass is 487 g/mol. The number of hydrogen-bond acceptors (Lipinski definition) is 6. The summed E-state index contributed by atoms with van der Waals surface area (Å²) >= 11 is 0. The normalized spacial score (nSPS) is 13.2. The number of rotatable bonds is 7. The summed E-state index contributed by atoms with van der Waals surface area (Å²) in [7, 11) is 1.31. The number of nitrogens with one attached hydrogen (secondary N) is 1. The molecule has 0 aliphatic carbocycles. The maximum atomic E-state index is 12.8. The molecular weight excluding hydrogens is 458 g/mol. The maximum Gasteiger partial charge on any atom is 0.337 e. The van der Waals surface area contributed by atoms with Crippen molar-refractivity contribution in [1.82, 2.24) is 4.90 Å². The van der Waals surface area contributed by atoms with E-state index in [2.05, 4.69) is 10.2 Å². The Hall–Kier alpha value is -4.33. The summed E-state index contributed by atoms with van der Waals surface area (Å²) in [4.78, 5) is 41.6. The van der Waals surface area contributed by atoms with Crippen molar-refractivity contribution in [1.29, 1.82) is 0 Å². The van der Waals surface area contributed by atoms with Crippen LogP contribution in [0.2, 0.25) is 0 Å². The van der Waals surface area contributed by atoms with E-state index in [1.165, 1.54) is 7.11 Å². The zero-order valence-electron chi connectivity index (χ0n) is 20.4. The highest BCUT2D eigenvalue weighted by atomic mass is 16.5. The van der Waals surface area contributed by atoms with Gasteiger partial charge in [-0.05, 0) is 55.0 Å². The van der Waals surface area contributed by atoms with E-state index < -0.39 is 5.97 Å². The minimum absolute atomic E-state index is 0.00175. The lowest BCUT2D eigenvalue weighted by Crippen LogP contribution is -2.49. The molecule has 1 aliphatic rings. The van der Waals surface area contributed by atoms with E-state index in [0.29, 0.717) is 48.7 Å². The molecule has 3 aromatic carbocycles. The maximum absolute atomic E-state index is 12.8. The van der Waals surface area contributed by atoms with Crippen LogP contribution in [-0.2, 0) is 9.53 Å². The zero-order valence-corrected chi connectivity index (χ0v) is 20.4. The minimum Gasteiger partial charge on any atom is -0.484 e. The lowest BCUT2D eigenvalue weighted by molar-refractivity contribution is -0.118. The van der Waals surface area contributed by atoms with Crippen LogP contribution in [0.3, 0.4) is 0 Å². The van der Waals surface area contributed by atoms with Gasteiger partial charge in [-0.25, -0.2) is 4.79 Å². The number of amides is 2. The van der Waals surface area contributed by atoms with Gasteiger partial charge in [0.15, 0.2) is 6.61 Å². The number of methoxy groups -OCH3 is 1. The fourth-order valence-electron chi connectivity index (χ4n) is 4.11. The molecule has 0 radical (unpaired) electrons. The Morgan fingerprint density at radius 1 is 0.861 bits per heavy atom. The number of carbonyl (C=O) groups is 3. The van der Waals surface area contributed by atoms with Crippen LogP contribution in [0.25, 0.3) is 0 Å².